The standard InChI is InChI=1S/C26H23BrClFN2O2/c1-4-24(18-9-8-12-21(15-18)31(28)20-10-6-5-7-11-20)33-26(32)25(17(2)3)30-23-14-13-19(27)16-22(23)29/h1,5-17,24-25,30H,2-3H3. The zero-order valence-corrected chi connectivity index (χ0v) is 20.5. The van der Waals surface area contributed by atoms with E-state index in [1.54, 1.807) is 30.3 Å². The number of hydrogen-bond donors (Lipinski definition) is 1. The van der Waals surface area contributed by atoms with Crippen molar-refractivity contribution in [3.05, 3.63) is 88.6 Å². The predicted octanol–water partition coefficient (Wildman–Crippen LogP) is 7.23. The van der Waals surface area contributed by atoms with Gasteiger partial charge in [-0.2, -0.15) is 0 Å². The van der Waals surface area contributed by atoms with E-state index in [1.165, 1.54) is 10.5 Å². The number of halogens is 3. The molecular formula is C26H23BrClFN2O2. The molecule has 0 saturated heterocycles. The topological polar surface area (TPSA) is 41.6 Å². The van der Waals surface area contributed by atoms with Crippen molar-refractivity contribution in [1.29, 1.82) is 0 Å². The van der Waals surface area contributed by atoms with Crippen LogP contribution in [0.4, 0.5) is 21.5 Å². The van der Waals surface area contributed by atoms with E-state index in [0.717, 1.165) is 5.69 Å². The summed E-state index contributed by atoms with van der Waals surface area (Å²) in [4.78, 5) is 13.0. The Kier molecular flexibility index (Phi) is 8.37. The number of anilines is 3. The van der Waals surface area contributed by atoms with E-state index in [2.05, 4.69) is 27.2 Å². The van der Waals surface area contributed by atoms with E-state index < -0.39 is 23.9 Å². The second-order valence-corrected chi connectivity index (χ2v) is 8.94. The summed E-state index contributed by atoms with van der Waals surface area (Å²) in [5, 5.41) is 2.94. The van der Waals surface area contributed by atoms with E-state index in [4.69, 9.17) is 22.9 Å². The largest absolute Gasteiger partial charge is 0.443 e. The van der Waals surface area contributed by atoms with Crippen molar-refractivity contribution in [2.24, 2.45) is 5.92 Å². The van der Waals surface area contributed by atoms with Crippen molar-refractivity contribution in [2.45, 2.75) is 26.0 Å². The molecule has 0 aromatic heterocycles. The predicted molar refractivity (Wildman–Crippen MR) is 135 cm³/mol. The number of hydrogen-bond acceptors (Lipinski definition) is 4. The Morgan fingerprint density at radius 2 is 1.79 bits per heavy atom. The zero-order chi connectivity index (χ0) is 24.0. The fraction of sp³-hybridized carbons (Fsp3) is 0.192. The van der Waals surface area contributed by atoms with Gasteiger partial charge in [0.15, 0.2) is 6.10 Å². The van der Waals surface area contributed by atoms with Crippen molar-refractivity contribution in [3.8, 4) is 12.3 Å². The van der Waals surface area contributed by atoms with Gasteiger partial charge in [-0.15, -0.1) is 6.42 Å². The molecule has 0 spiro atoms. The summed E-state index contributed by atoms with van der Waals surface area (Å²) >= 11 is 9.72. The molecule has 3 rings (SSSR count). The Bertz CT molecular complexity index is 1150. The van der Waals surface area contributed by atoms with Crippen molar-refractivity contribution >= 4 is 50.7 Å². The molecule has 4 nitrogen and oxygen atoms in total. The average molecular weight is 530 g/mol. The van der Waals surface area contributed by atoms with E-state index in [-0.39, 0.29) is 11.6 Å². The number of terminal acetylenes is 1. The van der Waals surface area contributed by atoms with Crippen LogP contribution in [-0.2, 0) is 9.53 Å². The molecular weight excluding hydrogens is 507 g/mol. The van der Waals surface area contributed by atoms with Crippen LogP contribution in [0.3, 0.4) is 0 Å². The summed E-state index contributed by atoms with van der Waals surface area (Å²) in [6.07, 6.45) is 4.77. The van der Waals surface area contributed by atoms with Crippen LogP contribution >= 0.6 is 27.7 Å². The first-order chi connectivity index (χ1) is 15.8. The van der Waals surface area contributed by atoms with Crippen LogP contribution in [0.5, 0.6) is 0 Å². The van der Waals surface area contributed by atoms with Crippen LogP contribution in [-0.4, -0.2) is 12.0 Å². The third kappa shape index (κ3) is 6.28. The molecule has 0 bridgehead atoms. The van der Waals surface area contributed by atoms with Crippen molar-refractivity contribution in [1.82, 2.24) is 0 Å². The molecule has 0 radical (unpaired) electrons. The van der Waals surface area contributed by atoms with Crippen molar-refractivity contribution in [2.75, 3.05) is 9.74 Å². The summed E-state index contributed by atoms with van der Waals surface area (Å²) in [5.41, 5.74) is 2.26. The molecule has 2 atom stereocenters. The lowest BCUT2D eigenvalue weighted by Gasteiger charge is -2.24. The van der Waals surface area contributed by atoms with Gasteiger partial charge in [0.25, 0.3) is 0 Å². The number of para-hydroxylation sites is 1. The quantitative estimate of drug-likeness (QED) is 0.190. The van der Waals surface area contributed by atoms with E-state index in [9.17, 15) is 9.18 Å². The first-order valence-electron chi connectivity index (χ1n) is 10.3. The smallest absolute Gasteiger partial charge is 0.330 e. The Hall–Kier alpha value is -3.01. The third-order valence-electron chi connectivity index (χ3n) is 4.93. The molecule has 1 N–H and O–H groups in total. The van der Waals surface area contributed by atoms with Crippen LogP contribution in [0.1, 0.15) is 25.5 Å². The van der Waals surface area contributed by atoms with Gasteiger partial charge in [0.05, 0.1) is 17.1 Å². The SMILES string of the molecule is C#CC(OC(=O)C(Nc1ccc(Br)cc1F)C(C)C)c1cccc(N(Cl)c2ccccc2)c1. The number of rotatable bonds is 8. The molecule has 3 aromatic rings. The molecule has 0 amide bonds. The molecule has 7 heteroatoms. The monoisotopic (exact) mass is 528 g/mol. The number of carbonyl (C=O) groups excluding carboxylic acids is 1. The third-order valence-corrected chi connectivity index (χ3v) is 5.81. The molecule has 0 saturated carbocycles. The second kappa shape index (κ2) is 11.2. The van der Waals surface area contributed by atoms with Gasteiger partial charge in [-0.1, -0.05) is 66.0 Å². The first kappa shape index (κ1) is 24.6. The number of nitrogens with one attached hydrogen (secondary N) is 1. The van der Waals surface area contributed by atoms with E-state index in [0.29, 0.717) is 15.7 Å². The van der Waals surface area contributed by atoms with Gasteiger partial charge in [-0.3, -0.25) is 4.42 Å². The van der Waals surface area contributed by atoms with Gasteiger partial charge in [0, 0.05) is 21.8 Å². The molecule has 3 aromatic carbocycles. The molecule has 170 valence electrons. The Morgan fingerprint density at radius 1 is 1.09 bits per heavy atom. The number of carbonyl (C=O) groups is 1. The minimum Gasteiger partial charge on any atom is -0.443 e. The van der Waals surface area contributed by atoms with Crippen molar-refractivity contribution in [3.63, 3.8) is 0 Å². The zero-order valence-electron chi connectivity index (χ0n) is 18.1. The highest BCUT2D eigenvalue weighted by Gasteiger charge is 2.27. The average Bonchev–Trinajstić information content (AvgIpc) is 2.81. The fourth-order valence-corrected chi connectivity index (χ4v) is 3.73. The molecule has 2 unspecified atom stereocenters. The van der Waals surface area contributed by atoms with Crippen LogP contribution in [0, 0.1) is 24.1 Å². The van der Waals surface area contributed by atoms with Gasteiger partial charge in [0.1, 0.15) is 11.9 Å². The number of ether oxygens (including phenoxy) is 1. The van der Waals surface area contributed by atoms with Gasteiger partial charge >= 0.3 is 5.97 Å². The summed E-state index contributed by atoms with van der Waals surface area (Å²) in [7, 11) is 0. The summed E-state index contributed by atoms with van der Waals surface area (Å²) < 4.78 is 22.0. The number of nitrogens with zero attached hydrogens (tertiary/aromatic N) is 1. The maximum Gasteiger partial charge on any atom is 0.330 e. The highest BCUT2D eigenvalue weighted by Crippen LogP contribution is 2.31. The number of esters is 1. The molecule has 0 aliphatic heterocycles. The van der Waals surface area contributed by atoms with E-state index in [1.807, 2.05) is 50.2 Å². The molecule has 0 aliphatic carbocycles. The van der Waals surface area contributed by atoms with Crippen LogP contribution in [0.25, 0.3) is 0 Å². The molecule has 0 fully saturated rings. The first-order valence-corrected chi connectivity index (χ1v) is 11.4. The molecule has 0 aliphatic rings. The lowest BCUT2D eigenvalue weighted by atomic mass is 10.0. The van der Waals surface area contributed by atoms with Crippen LogP contribution < -0.4 is 9.74 Å². The highest BCUT2D eigenvalue weighted by atomic mass is 79.9. The number of benzene rings is 3. The maximum absolute atomic E-state index is 14.3. The molecule has 0 heterocycles. The second-order valence-electron chi connectivity index (χ2n) is 7.69. The van der Waals surface area contributed by atoms with Gasteiger partial charge in [-0.05, 0) is 48.4 Å². The van der Waals surface area contributed by atoms with Crippen molar-refractivity contribution < 1.29 is 13.9 Å². The Labute approximate surface area is 206 Å². The molecule has 33 heavy (non-hydrogen) atoms. The highest BCUT2D eigenvalue weighted by molar-refractivity contribution is 9.10. The Morgan fingerprint density at radius 3 is 2.42 bits per heavy atom. The van der Waals surface area contributed by atoms with Gasteiger partial charge in [0.2, 0.25) is 0 Å². The van der Waals surface area contributed by atoms with Crippen LogP contribution in [0.15, 0.2) is 77.3 Å². The minimum atomic E-state index is -0.934. The van der Waals surface area contributed by atoms with Crippen LogP contribution in [0.2, 0.25) is 0 Å². The van der Waals surface area contributed by atoms with Gasteiger partial charge < -0.3 is 10.1 Å². The fourth-order valence-electron chi connectivity index (χ4n) is 3.18. The normalized spacial score (nSPS) is 12.5. The Balaban J connectivity index is 1.79. The van der Waals surface area contributed by atoms with Gasteiger partial charge in [-0.25, -0.2) is 9.18 Å². The summed E-state index contributed by atoms with van der Waals surface area (Å²) in [6.45, 7) is 3.68. The van der Waals surface area contributed by atoms with E-state index >= 15 is 0 Å². The summed E-state index contributed by atoms with van der Waals surface area (Å²) in [5.74, 6) is 1.28. The lowest BCUT2D eigenvalue weighted by molar-refractivity contribution is -0.148. The maximum atomic E-state index is 14.3. The summed E-state index contributed by atoms with van der Waals surface area (Å²) in [6, 6.07) is 20.3. The lowest BCUT2D eigenvalue weighted by Crippen LogP contribution is -2.37. The minimum absolute atomic E-state index is 0.179.